The van der Waals surface area contributed by atoms with Gasteiger partial charge in [-0.2, -0.15) is 0 Å². The fraction of sp³-hybridized carbons (Fsp3) is 0.360. The molecule has 1 unspecified atom stereocenters. The smallest absolute Gasteiger partial charge is 0.255 e. The van der Waals surface area contributed by atoms with Crippen LogP contribution in [0.3, 0.4) is 0 Å². The first-order chi connectivity index (χ1) is 15.0. The molecule has 2 aromatic rings. The van der Waals surface area contributed by atoms with Gasteiger partial charge in [0, 0.05) is 51.1 Å². The van der Waals surface area contributed by atoms with Crippen molar-refractivity contribution in [3.05, 3.63) is 71.6 Å². The predicted octanol–water partition coefficient (Wildman–Crippen LogP) is 3.93. The molecule has 0 spiro atoms. The number of aryl methyl sites for hydroxylation is 1. The van der Waals surface area contributed by atoms with Crippen molar-refractivity contribution in [2.75, 3.05) is 33.2 Å². The lowest BCUT2D eigenvalue weighted by Crippen LogP contribution is -2.44. The molecule has 0 radical (unpaired) electrons. The van der Waals surface area contributed by atoms with E-state index < -0.39 is 0 Å². The number of hydrogen-bond acceptors (Lipinski definition) is 5. The van der Waals surface area contributed by atoms with Crippen LogP contribution in [0.5, 0.6) is 0 Å². The zero-order chi connectivity index (χ0) is 21.5. The molecule has 1 amide bonds. The second-order valence-electron chi connectivity index (χ2n) is 8.67. The van der Waals surface area contributed by atoms with Crippen LogP contribution in [-0.4, -0.2) is 58.8 Å². The number of hydrogen-bond donors (Lipinski definition) is 0. The molecule has 3 aliphatic heterocycles. The van der Waals surface area contributed by atoms with E-state index in [1.54, 1.807) is 11.0 Å². The van der Waals surface area contributed by atoms with Gasteiger partial charge in [-0.3, -0.25) is 9.69 Å². The summed E-state index contributed by atoms with van der Waals surface area (Å²) < 4.78 is 5.72. The van der Waals surface area contributed by atoms with Gasteiger partial charge < -0.3 is 14.2 Å². The molecule has 1 aromatic heterocycles. The van der Waals surface area contributed by atoms with Crippen LogP contribution in [-0.2, 0) is 4.79 Å². The van der Waals surface area contributed by atoms with E-state index in [2.05, 4.69) is 47.0 Å². The largest absolute Gasteiger partial charge is 0.441 e. The summed E-state index contributed by atoms with van der Waals surface area (Å²) in [5.74, 6) is 0.853. The van der Waals surface area contributed by atoms with Gasteiger partial charge in [0.15, 0.2) is 11.5 Å². The quantitative estimate of drug-likeness (QED) is 0.743. The van der Waals surface area contributed by atoms with Gasteiger partial charge in [0.05, 0.1) is 5.70 Å². The number of aromatic nitrogens is 1. The van der Waals surface area contributed by atoms with Crippen molar-refractivity contribution in [1.29, 1.82) is 0 Å². The highest BCUT2D eigenvalue weighted by Gasteiger charge is 2.25. The Balaban J connectivity index is 1.46. The maximum Gasteiger partial charge on any atom is 0.255 e. The highest BCUT2D eigenvalue weighted by molar-refractivity contribution is 5.98. The second-order valence-corrected chi connectivity index (χ2v) is 8.67. The molecule has 4 heterocycles. The summed E-state index contributed by atoms with van der Waals surface area (Å²) in [6.45, 7) is 8.03. The van der Waals surface area contributed by atoms with Crippen molar-refractivity contribution in [3.8, 4) is 0 Å². The van der Waals surface area contributed by atoms with Gasteiger partial charge in [-0.25, -0.2) is 4.98 Å². The Bertz CT molecular complexity index is 1150. The summed E-state index contributed by atoms with van der Waals surface area (Å²) in [6.07, 6.45) is 11.0. The van der Waals surface area contributed by atoms with Crippen molar-refractivity contribution < 1.29 is 9.21 Å². The highest BCUT2D eigenvalue weighted by Crippen LogP contribution is 2.33. The molecule has 5 rings (SSSR count). The van der Waals surface area contributed by atoms with E-state index in [0.717, 1.165) is 66.2 Å². The van der Waals surface area contributed by atoms with Crippen molar-refractivity contribution >= 4 is 22.6 Å². The molecular weight excluding hydrogens is 388 g/mol. The third-order valence-corrected chi connectivity index (χ3v) is 6.39. The molecule has 0 N–H and O–H groups in total. The monoisotopic (exact) mass is 416 g/mol. The van der Waals surface area contributed by atoms with Crippen LogP contribution < -0.4 is 0 Å². The average Bonchev–Trinajstić information content (AvgIpc) is 3.14. The van der Waals surface area contributed by atoms with Gasteiger partial charge >= 0.3 is 0 Å². The zero-order valence-corrected chi connectivity index (χ0v) is 18.3. The van der Waals surface area contributed by atoms with Crippen LogP contribution in [0.15, 0.2) is 64.5 Å². The van der Waals surface area contributed by atoms with Gasteiger partial charge in [0.25, 0.3) is 5.91 Å². The van der Waals surface area contributed by atoms with Gasteiger partial charge in [0.1, 0.15) is 5.52 Å². The fourth-order valence-corrected chi connectivity index (χ4v) is 4.47. The summed E-state index contributed by atoms with van der Waals surface area (Å²) in [6, 6.07) is 6.00. The van der Waals surface area contributed by atoms with Gasteiger partial charge in [-0.15, -0.1) is 0 Å². The number of piperazine rings is 1. The van der Waals surface area contributed by atoms with Gasteiger partial charge in [0.2, 0.25) is 0 Å². The van der Waals surface area contributed by atoms with E-state index in [4.69, 9.17) is 4.42 Å². The molecule has 1 atom stereocenters. The molecule has 1 saturated heterocycles. The molecule has 6 heteroatoms. The number of carbonyl (C=O) groups excluding carboxylic acids is 1. The van der Waals surface area contributed by atoms with E-state index in [9.17, 15) is 4.79 Å². The lowest BCUT2D eigenvalue weighted by molar-refractivity contribution is -0.122. The number of nitrogens with zero attached hydrogens (tertiary/aromatic N) is 4. The number of fused-ring (bicyclic) bond motifs is 2. The minimum atomic E-state index is -0.0161. The van der Waals surface area contributed by atoms with Crippen LogP contribution in [0.2, 0.25) is 0 Å². The first-order valence-electron chi connectivity index (χ1n) is 10.9. The third kappa shape index (κ3) is 3.83. The number of amides is 1. The molecule has 160 valence electrons. The summed E-state index contributed by atoms with van der Waals surface area (Å²) in [5, 5.41) is 0. The minimum Gasteiger partial charge on any atom is -0.441 e. The van der Waals surface area contributed by atoms with E-state index in [1.165, 1.54) is 0 Å². The number of likely N-dealkylation sites (N-methyl/N-ethyl adjacent to an activating group) is 1. The number of benzene rings is 1. The van der Waals surface area contributed by atoms with Crippen LogP contribution in [0.1, 0.15) is 24.8 Å². The van der Waals surface area contributed by atoms with E-state index in [1.807, 2.05) is 31.3 Å². The van der Waals surface area contributed by atoms with Gasteiger partial charge in [-0.05, 0) is 54.8 Å². The molecule has 0 aliphatic carbocycles. The van der Waals surface area contributed by atoms with Crippen molar-refractivity contribution in [2.45, 2.75) is 20.3 Å². The zero-order valence-electron chi connectivity index (χ0n) is 18.3. The normalized spacial score (nSPS) is 22.6. The SMILES string of the molecule is Cc1nc2ccc(C3=CC(=O)N4C=C(N5CCN(C)CC5)C=CC4=CCC3C)cc2o1. The molecule has 0 bridgehead atoms. The molecule has 1 fully saturated rings. The molecule has 3 aliphatic rings. The van der Waals surface area contributed by atoms with Crippen molar-refractivity contribution in [1.82, 2.24) is 19.7 Å². The fourth-order valence-electron chi connectivity index (χ4n) is 4.47. The van der Waals surface area contributed by atoms with Crippen LogP contribution in [0.25, 0.3) is 16.7 Å². The molecule has 1 aromatic carbocycles. The maximum atomic E-state index is 13.3. The Kier molecular flexibility index (Phi) is 5.02. The Hall–Kier alpha value is -3.12. The van der Waals surface area contributed by atoms with E-state index >= 15 is 0 Å². The number of oxazole rings is 1. The molecule has 6 nitrogen and oxygen atoms in total. The third-order valence-electron chi connectivity index (χ3n) is 6.39. The Morgan fingerprint density at radius 3 is 2.68 bits per heavy atom. The van der Waals surface area contributed by atoms with E-state index in [0.29, 0.717) is 5.89 Å². The van der Waals surface area contributed by atoms with Crippen LogP contribution in [0.4, 0.5) is 0 Å². The summed E-state index contributed by atoms with van der Waals surface area (Å²) in [7, 11) is 2.15. The van der Waals surface area contributed by atoms with Crippen molar-refractivity contribution in [2.24, 2.45) is 5.92 Å². The van der Waals surface area contributed by atoms with Crippen LogP contribution in [0, 0.1) is 12.8 Å². The number of allylic oxidation sites excluding steroid dienone is 4. The average molecular weight is 417 g/mol. The maximum absolute atomic E-state index is 13.3. The number of rotatable bonds is 2. The topological polar surface area (TPSA) is 52.8 Å². The minimum absolute atomic E-state index is 0.0161. The molecule has 0 saturated carbocycles. The highest BCUT2D eigenvalue weighted by atomic mass is 16.3. The summed E-state index contributed by atoms with van der Waals surface area (Å²) in [4.78, 5) is 24.2. The predicted molar refractivity (Wildman–Crippen MR) is 122 cm³/mol. The first kappa shape index (κ1) is 19.8. The standard InChI is InChI=1S/C25H28N4O2/c1-17-4-6-20-7-8-21(28-12-10-27(3)11-13-28)16-29(20)25(30)15-22(17)19-5-9-23-24(14-19)31-18(2)26-23/h5-9,14-17H,4,10-13H2,1-3H3. The number of carbonyl (C=O) groups is 1. The first-order valence-corrected chi connectivity index (χ1v) is 10.9. The summed E-state index contributed by atoms with van der Waals surface area (Å²) in [5.41, 5.74) is 5.69. The molecule has 31 heavy (non-hydrogen) atoms. The molecular formula is C25H28N4O2. The Labute approximate surface area is 182 Å². The van der Waals surface area contributed by atoms with Gasteiger partial charge in [-0.1, -0.05) is 19.1 Å². The van der Waals surface area contributed by atoms with E-state index in [-0.39, 0.29) is 11.8 Å². The van der Waals surface area contributed by atoms with Crippen LogP contribution >= 0.6 is 0 Å². The van der Waals surface area contributed by atoms with Crippen molar-refractivity contribution in [3.63, 3.8) is 0 Å². The summed E-state index contributed by atoms with van der Waals surface area (Å²) >= 11 is 0. The second kappa shape index (κ2) is 7.85. The lowest BCUT2D eigenvalue weighted by atomic mass is 9.89. The Morgan fingerprint density at radius 2 is 1.87 bits per heavy atom. The lowest BCUT2D eigenvalue weighted by Gasteiger charge is -2.37. The Morgan fingerprint density at radius 1 is 1.10 bits per heavy atom.